The second-order valence-corrected chi connectivity index (χ2v) is 4.67. The number of para-hydroxylation sites is 1. The molecule has 108 valence electrons. The molecular formula is C15H14ClN3O2. The zero-order chi connectivity index (χ0) is 15.1. The van der Waals surface area contributed by atoms with Gasteiger partial charge in [-0.15, -0.1) is 0 Å². The fraction of sp³-hybridized carbons (Fsp3) is 0.0667. The molecule has 21 heavy (non-hydrogen) atoms. The van der Waals surface area contributed by atoms with Crippen LogP contribution in [-0.2, 0) is 4.79 Å². The first-order valence-electron chi connectivity index (χ1n) is 6.29. The molecule has 0 aliphatic carbocycles. The average molecular weight is 304 g/mol. The summed E-state index contributed by atoms with van der Waals surface area (Å²) in [5.74, 6) is -0.303. The van der Waals surface area contributed by atoms with Gasteiger partial charge in [0.05, 0.1) is 6.54 Å². The topological polar surface area (TPSA) is 70.2 Å². The van der Waals surface area contributed by atoms with Crippen molar-refractivity contribution in [1.82, 2.24) is 5.32 Å². The molecule has 0 saturated carbocycles. The van der Waals surface area contributed by atoms with Gasteiger partial charge >= 0.3 is 6.03 Å². The zero-order valence-electron chi connectivity index (χ0n) is 11.1. The molecule has 2 rings (SSSR count). The van der Waals surface area contributed by atoms with Gasteiger partial charge in [-0.25, -0.2) is 4.79 Å². The molecule has 0 unspecified atom stereocenters. The quantitative estimate of drug-likeness (QED) is 0.812. The molecule has 0 aliphatic heterocycles. The summed E-state index contributed by atoms with van der Waals surface area (Å²) in [7, 11) is 0. The molecule has 0 aromatic heterocycles. The van der Waals surface area contributed by atoms with Crippen LogP contribution in [-0.4, -0.2) is 18.5 Å². The third-order valence-corrected chi connectivity index (χ3v) is 2.78. The fourth-order valence-corrected chi connectivity index (χ4v) is 1.82. The zero-order valence-corrected chi connectivity index (χ0v) is 11.9. The first-order valence-corrected chi connectivity index (χ1v) is 6.66. The van der Waals surface area contributed by atoms with Gasteiger partial charge in [-0.1, -0.05) is 35.9 Å². The van der Waals surface area contributed by atoms with Crippen LogP contribution >= 0.6 is 11.6 Å². The minimum atomic E-state index is -0.472. The molecule has 3 amide bonds. The molecule has 0 spiro atoms. The standard InChI is InChI=1S/C15H14ClN3O2/c16-11-5-4-8-13(9-11)19-15(21)17-10-14(20)18-12-6-2-1-3-7-12/h1-9H,10H2,(H,18,20)(H2,17,19,21). The number of nitrogens with one attached hydrogen (secondary N) is 3. The Kier molecular flexibility index (Phi) is 5.17. The summed E-state index contributed by atoms with van der Waals surface area (Å²) < 4.78 is 0. The van der Waals surface area contributed by atoms with Gasteiger partial charge in [0.1, 0.15) is 0 Å². The SMILES string of the molecule is O=C(CNC(=O)Nc1cccc(Cl)c1)Nc1ccccc1. The number of halogens is 1. The van der Waals surface area contributed by atoms with Crippen LogP contribution in [0.4, 0.5) is 16.2 Å². The maximum absolute atomic E-state index is 11.6. The van der Waals surface area contributed by atoms with E-state index >= 15 is 0 Å². The van der Waals surface area contributed by atoms with Crippen molar-refractivity contribution in [1.29, 1.82) is 0 Å². The Morgan fingerprint density at radius 3 is 2.33 bits per heavy atom. The Labute approximate surface area is 127 Å². The van der Waals surface area contributed by atoms with Crippen molar-refractivity contribution in [2.24, 2.45) is 0 Å². The molecule has 2 aromatic carbocycles. The monoisotopic (exact) mass is 303 g/mol. The number of hydrogen-bond donors (Lipinski definition) is 3. The van der Waals surface area contributed by atoms with E-state index in [1.54, 1.807) is 36.4 Å². The third-order valence-electron chi connectivity index (χ3n) is 2.55. The number of urea groups is 1. The van der Waals surface area contributed by atoms with Crippen LogP contribution in [0.1, 0.15) is 0 Å². The van der Waals surface area contributed by atoms with E-state index < -0.39 is 6.03 Å². The molecule has 6 heteroatoms. The van der Waals surface area contributed by atoms with Gasteiger partial charge in [-0.05, 0) is 30.3 Å². The van der Waals surface area contributed by atoms with Gasteiger partial charge in [-0.2, -0.15) is 0 Å². The number of rotatable bonds is 4. The molecular weight excluding hydrogens is 290 g/mol. The molecule has 5 nitrogen and oxygen atoms in total. The van der Waals surface area contributed by atoms with E-state index in [1.807, 2.05) is 18.2 Å². The van der Waals surface area contributed by atoms with Crippen molar-refractivity contribution in [3.05, 3.63) is 59.6 Å². The molecule has 3 N–H and O–H groups in total. The smallest absolute Gasteiger partial charge is 0.319 e. The number of carbonyl (C=O) groups is 2. The lowest BCUT2D eigenvalue weighted by Gasteiger charge is -2.08. The summed E-state index contributed by atoms with van der Waals surface area (Å²) in [5, 5.41) is 8.24. The molecule has 2 aromatic rings. The molecule has 0 saturated heterocycles. The van der Waals surface area contributed by atoms with E-state index in [-0.39, 0.29) is 12.5 Å². The van der Waals surface area contributed by atoms with Crippen LogP contribution in [0.3, 0.4) is 0 Å². The molecule has 0 fully saturated rings. The normalized spacial score (nSPS) is 9.76. The third kappa shape index (κ3) is 5.16. The second kappa shape index (κ2) is 7.31. The average Bonchev–Trinajstić information content (AvgIpc) is 2.46. The van der Waals surface area contributed by atoms with E-state index in [0.717, 1.165) is 0 Å². The van der Waals surface area contributed by atoms with Gasteiger partial charge in [0.15, 0.2) is 0 Å². The first-order chi connectivity index (χ1) is 10.1. The number of anilines is 2. The van der Waals surface area contributed by atoms with E-state index in [0.29, 0.717) is 16.4 Å². The maximum atomic E-state index is 11.6. The highest BCUT2D eigenvalue weighted by atomic mass is 35.5. The summed E-state index contributed by atoms with van der Waals surface area (Å²) in [4.78, 5) is 23.3. The van der Waals surface area contributed by atoms with Crippen molar-refractivity contribution in [2.45, 2.75) is 0 Å². The van der Waals surface area contributed by atoms with Crippen LogP contribution in [0, 0.1) is 0 Å². The first kappa shape index (κ1) is 14.9. The highest BCUT2D eigenvalue weighted by molar-refractivity contribution is 6.30. The van der Waals surface area contributed by atoms with Crippen LogP contribution in [0.25, 0.3) is 0 Å². The largest absolute Gasteiger partial charge is 0.329 e. The maximum Gasteiger partial charge on any atom is 0.319 e. The van der Waals surface area contributed by atoms with Gasteiger partial charge in [0.2, 0.25) is 5.91 Å². The number of hydrogen-bond acceptors (Lipinski definition) is 2. The molecule has 0 atom stereocenters. The highest BCUT2D eigenvalue weighted by Gasteiger charge is 2.06. The lowest BCUT2D eigenvalue weighted by atomic mass is 10.3. The van der Waals surface area contributed by atoms with Crippen LogP contribution in [0.15, 0.2) is 54.6 Å². The van der Waals surface area contributed by atoms with Crippen molar-refractivity contribution in [3.8, 4) is 0 Å². The Morgan fingerprint density at radius 2 is 1.62 bits per heavy atom. The summed E-state index contributed by atoms with van der Waals surface area (Å²) in [6, 6.07) is 15.3. The van der Waals surface area contributed by atoms with Crippen molar-refractivity contribution < 1.29 is 9.59 Å². The Morgan fingerprint density at radius 1 is 0.905 bits per heavy atom. The predicted octanol–water partition coefficient (Wildman–Crippen LogP) is 3.10. The number of amides is 3. The van der Waals surface area contributed by atoms with Gasteiger partial charge in [0.25, 0.3) is 0 Å². The summed E-state index contributed by atoms with van der Waals surface area (Å²) in [6.45, 7) is -0.124. The predicted molar refractivity (Wildman–Crippen MR) is 83.5 cm³/mol. The second-order valence-electron chi connectivity index (χ2n) is 4.23. The van der Waals surface area contributed by atoms with Crippen LogP contribution in [0.2, 0.25) is 5.02 Å². The minimum absolute atomic E-state index is 0.124. The van der Waals surface area contributed by atoms with E-state index in [4.69, 9.17) is 11.6 Å². The van der Waals surface area contributed by atoms with E-state index in [2.05, 4.69) is 16.0 Å². The summed E-state index contributed by atoms with van der Waals surface area (Å²) >= 11 is 5.81. The van der Waals surface area contributed by atoms with Gasteiger partial charge in [-0.3, -0.25) is 4.79 Å². The lowest BCUT2D eigenvalue weighted by Crippen LogP contribution is -2.35. The van der Waals surface area contributed by atoms with Crippen LogP contribution in [0.5, 0.6) is 0 Å². The molecule has 0 heterocycles. The Bertz CT molecular complexity index is 632. The van der Waals surface area contributed by atoms with Crippen LogP contribution < -0.4 is 16.0 Å². The summed E-state index contributed by atoms with van der Waals surface area (Å²) in [6.07, 6.45) is 0. The minimum Gasteiger partial charge on any atom is -0.329 e. The fourth-order valence-electron chi connectivity index (χ4n) is 1.63. The van der Waals surface area contributed by atoms with Crippen molar-refractivity contribution in [2.75, 3.05) is 17.2 Å². The molecule has 0 bridgehead atoms. The highest BCUT2D eigenvalue weighted by Crippen LogP contribution is 2.14. The van der Waals surface area contributed by atoms with Crippen molar-refractivity contribution in [3.63, 3.8) is 0 Å². The van der Waals surface area contributed by atoms with Gasteiger partial charge < -0.3 is 16.0 Å². The van der Waals surface area contributed by atoms with E-state index in [9.17, 15) is 9.59 Å². The van der Waals surface area contributed by atoms with Crippen molar-refractivity contribution >= 4 is 34.9 Å². The lowest BCUT2D eigenvalue weighted by molar-refractivity contribution is -0.115. The summed E-state index contributed by atoms with van der Waals surface area (Å²) in [5.41, 5.74) is 1.24. The molecule has 0 radical (unpaired) electrons. The number of benzene rings is 2. The van der Waals surface area contributed by atoms with Gasteiger partial charge in [0, 0.05) is 16.4 Å². The van der Waals surface area contributed by atoms with E-state index in [1.165, 1.54) is 0 Å². The molecule has 0 aliphatic rings. The number of carbonyl (C=O) groups excluding carboxylic acids is 2. The Hall–Kier alpha value is -2.53. The Balaban J connectivity index is 1.77.